The first-order chi connectivity index (χ1) is 10.7. The zero-order valence-corrected chi connectivity index (χ0v) is 15.0. The van der Waals surface area contributed by atoms with Crippen LogP contribution in [0.5, 0.6) is 5.75 Å². The lowest BCUT2D eigenvalue weighted by atomic mass is 9.98. The fraction of sp³-hybridized carbons (Fsp3) is 0.611. The largest absolute Gasteiger partial charge is 0.483 e. The number of benzene rings is 1. The highest BCUT2D eigenvalue weighted by Crippen LogP contribution is 2.28. The molecule has 0 bridgehead atoms. The van der Waals surface area contributed by atoms with Gasteiger partial charge in [-0.3, -0.25) is 4.79 Å². The van der Waals surface area contributed by atoms with Crippen molar-refractivity contribution in [1.82, 2.24) is 10.6 Å². The zero-order chi connectivity index (χ0) is 15.8. The van der Waals surface area contributed by atoms with Crippen molar-refractivity contribution >= 4 is 18.3 Å². The quantitative estimate of drug-likeness (QED) is 0.801. The Labute approximate surface area is 145 Å². The van der Waals surface area contributed by atoms with Crippen LogP contribution in [-0.4, -0.2) is 32.1 Å². The van der Waals surface area contributed by atoms with Gasteiger partial charge in [0.05, 0.1) is 0 Å². The standard InChI is InChI=1S/C18H28N2O2.ClH/c1-3-14(2)16-8-4-5-9-17(16)22-13-18(21)20-12-15-7-6-10-19-11-15;/h4-5,8-9,14-15,19H,3,6-7,10-13H2,1-2H3,(H,20,21);1H. The van der Waals surface area contributed by atoms with Gasteiger partial charge in [0.1, 0.15) is 5.75 Å². The van der Waals surface area contributed by atoms with Crippen LogP contribution in [0.25, 0.3) is 0 Å². The van der Waals surface area contributed by atoms with Gasteiger partial charge in [0.25, 0.3) is 5.91 Å². The maximum absolute atomic E-state index is 12.0. The van der Waals surface area contributed by atoms with Gasteiger partial charge in [0.2, 0.25) is 0 Å². The molecule has 2 rings (SSSR count). The molecule has 1 saturated heterocycles. The van der Waals surface area contributed by atoms with E-state index < -0.39 is 0 Å². The lowest BCUT2D eigenvalue weighted by molar-refractivity contribution is -0.123. The molecule has 23 heavy (non-hydrogen) atoms. The average molecular weight is 341 g/mol. The average Bonchev–Trinajstić information content (AvgIpc) is 2.58. The van der Waals surface area contributed by atoms with Gasteiger partial charge in [-0.15, -0.1) is 12.4 Å². The van der Waals surface area contributed by atoms with Crippen LogP contribution in [0.15, 0.2) is 24.3 Å². The molecule has 5 heteroatoms. The minimum Gasteiger partial charge on any atom is -0.483 e. The SMILES string of the molecule is CCC(C)c1ccccc1OCC(=O)NCC1CCCNC1.Cl. The van der Waals surface area contributed by atoms with Crippen molar-refractivity contribution in [3.05, 3.63) is 29.8 Å². The van der Waals surface area contributed by atoms with E-state index in [9.17, 15) is 4.79 Å². The van der Waals surface area contributed by atoms with E-state index in [1.807, 2.05) is 18.2 Å². The number of rotatable bonds is 7. The number of nitrogens with one attached hydrogen (secondary N) is 2. The second-order valence-electron chi connectivity index (χ2n) is 6.15. The maximum atomic E-state index is 12.0. The van der Waals surface area contributed by atoms with Crippen molar-refractivity contribution in [2.75, 3.05) is 26.2 Å². The van der Waals surface area contributed by atoms with E-state index in [-0.39, 0.29) is 24.9 Å². The van der Waals surface area contributed by atoms with E-state index in [1.165, 1.54) is 18.4 Å². The Morgan fingerprint density at radius 1 is 1.43 bits per heavy atom. The van der Waals surface area contributed by atoms with E-state index in [0.29, 0.717) is 11.8 Å². The summed E-state index contributed by atoms with van der Waals surface area (Å²) in [6, 6.07) is 7.99. The first kappa shape index (κ1) is 19.8. The fourth-order valence-corrected chi connectivity index (χ4v) is 2.79. The number of para-hydroxylation sites is 1. The second-order valence-corrected chi connectivity index (χ2v) is 6.15. The molecule has 1 aromatic carbocycles. The molecule has 2 N–H and O–H groups in total. The van der Waals surface area contributed by atoms with E-state index in [0.717, 1.165) is 31.8 Å². The Hall–Kier alpha value is -1.26. The normalized spacial score (nSPS) is 18.6. The number of ether oxygens (including phenoxy) is 1. The summed E-state index contributed by atoms with van der Waals surface area (Å²) in [5, 5.41) is 6.34. The smallest absolute Gasteiger partial charge is 0.257 e. The fourth-order valence-electron chi connectivity index (χ4n) is 2.79. The lowest BCUT2D eigenvalue weighted by Crippen LogP contribution is -2.39. The van der Waals surface area contributed by atoms with Gasteiger partial charge in [0.15, 0.2) is 6.61 Å². The van der Waals surface area contributed by atoms with Crippen LogP contribution in [0.1, 0.15) is 44.6 Å². The van der Waals surface area contributed by atoms with Gasteiger partial charge in [-0.25, -0.2) is 0 Å². The summed E-state index contributed by atoms with van der Waals surface area (Å²) in [4.78, 5) is 12.0. The molecule has 0 radical (unpaired) electrons. The molecule has 2 unspecified atom stereocenters. The number of halogens is 1. The van der Waals surface area contributed by atoms with Crippen molar-refractivity contribution in [3.63, 3.8) is 0 Å². The summed E-state index contributed by atoms with van der Waals surface area (Å²) < 4.78 is 5.73. The highest BCUT2D eigenvalue weighted by atomic mass is 35.5. The van der Waals surface area contributed by atoms with Gasteiger partial charge >= 0.3 is 0 Å². The summed E-state index contributed by atoms with van der Waals surface area (Å²) in [6.45, 7) is 7.26. The number of piperidine rings is 1. The maximum Gasteiger partial charge on any atom is 0.257 e. The lowest BCUT2D eigenvalue weighted by Gasteiger charge is -2.23. The monoisotopic (exact) mass is 340 g/mol. The predicted molar refractivity (Wildman–Crippen MR) is 96.5 cm³/mol. The van der Waals surface area contributed by atoms with Gasteiger partial charge in [-0.05, 0) is 55.8 Å². The molecule has 4 nitrogen and oxygen atoms in total. The van der Waals surface area contributed by atoms with Crippen LogP contribution < -0.4 is 15.4 Å². The molecule has 0 saturated carbocycles. The summed E-state index contributed by atoms with van der Waals surface area (Å²) in [7, 11) is 0. The van der Waals surface area contributed by atoms with Gasteiger partial charge < -0.3 is 15.4 Å². The molecule has 0 spiro atoms. The molecule has 1 aliphatic rings. The molecule has 0 aliphatic carbocycles. The Kier molecular flexibility index (Phi) is 9.03. The molecule has 0 aromatic heterocycles. The van der Waals surface area contributed by atoms with Crippen molar-refractivity contribution in [1.29, 1.82) is 0 Å². The highest BCUT2D eigenvalue weighted by Gasteiger charge is 2.15. The third kappa shape index (κ3) is 6.40. The van der Waals surface area contributed by atoms with Gasteiger partial charge in [-0.2, -0.15) is 0 Å². The zero-order valence-electron chi connectivity index (χ0n) is 14.1. The number of carbonyl (C=O) groups is 1. The van der Waals surface area contributed by atoms with Gasteiger partial charge in [0, 0.05) is 6.54 Å². The molecule has 2 atom stereocenters. The van der Waals surface area contributed by atoms with E-state index in [1.54, 1.807) is 0 Å². The van der Waals surface area contributed by atoms with Crippen molar-refractivity contribution in [2.45, 2.75) is 39.0 Å². The molecule has 1 aliphatic heterocycles. The van der Waals surface area contributed by atoms with Crippen LogP contribution >= 0.6 is 12.4 Å². The third-order valence-electron chi connectivity index (χ3n) is 4.41. The molecule has 1 aromatic rings. The molecular formula is C18H29ClN2O2. The molecular weight excluding hydrogens is 312 g/mol. The Morgan fingerprint density at radius 2 is 2.22 bits per heavy atom. The first-order valence-electron chi connectivity index (χ1n) is 8.39. The summed E-state index contributed by atoms with van der Waals surface area (Å²) >= 11 is 0. The Balaban J connectivity index is 0.00000264. The van der Waals surface area contributed by atoms with Crippen molar-refractivity contribution in [3.8, 4) is 5.75 Å². The van der Waals surface area contributed by atoms with Crippen LogP contribution in [-0.2, 0) is 4.79 Å². The van der Waals surface area contributed by atoms with E-state index in [2.05, 4.69) is 30.5 Å². The minimum absolute atomic E-state index is 0. The third-order valence-corrected chi connectivity index (χ3v) is 4.41. The summed E-state index contributed by atoms with van der Waals surface area (Å²) in [5.74, 6) is 1.77. The summed E-state index contributed by atoms with van der Waals surface area (Å²) in [6.07, 6.45) is 3.44. The van der Waals surface area contributed by atoms with Crippen LogP contribution in [0.2, 0.25) is 0 Å². The summed E-state index contributed by atoms with van der Waals surface area (Å²) in [5.41, 5.74) is 1.18. The van der Waals surface area contributed by atoms with Crippen molar-refractivity contribution < 1.29 is 9.53 Å². The number of hydrogen-bond donors (Lipinski definition) is 2. The number of amides is 1. The Morgan fingerprint density at radius 3 is 2.91 bits per heavy atom. The highest BCUT2D eigenvalue weighted by molar-refractivity contribution is 5.85. The van der Waals surface area contributed by atoms with E-state index in [4.69, 9.17) is 4.74 Å². The minimum atomic E-state index is -0.0375. The molecule has 1 fully saturated rings. The molecule has 1 amide bonds. The Bertz CT molecular complexity index is 476. The van der Waals surface area contributed by atoms with Crippen LogP contribution in [0.4, 0.5) is 0 Å². The number of carbonyl (C=O) groups excluding carboxylic acids is 1. The van der Waals surface area contributed by atoms with Crippen molar-refractivity contribution in [2.24, 2.45) is 5.92 Å². The topological polar surface area (TPSA) is 50.4 Å². The first-order valence-corrected chi connectivity index (χ1v) is 8.39. The molecule has 1 heterocycles. The van der Waals surface area contributed by atoms with Gasteiger partial charge in [-0.1, -0.05) is 32.0 Å². The molecule has 130 valence electrons. The predicted octanol–water partition coefficient (Wildman–Crippen LogP) is 3.12. The van der Waals surface area contributed by atoms with Crippen LogP contribution in [0.3, 0.4) is 0 Å². The van der Waals surface area contributed by atoms with Crippen LogP contribution in [0, 0.1) is 5.92 Å². The second kappa shape index (κ2) is 10.5. The number of hydrogen-bond acceptors (Lipinski definition) is 3. The van der Waals surface area contributed by atoms with E-state index >= 15 is 0 Å².